The van der Waals surface area contributed by atoms with Crippen molar-refractivity contribution in [3.63, 3.8) is 0 Å². The number of ether oxygens (including phenoxy) is 4. The van der Waals surface area contributed by atoms with E-state index in [0.29, 0.717) is 5.56 Å². The van der Waals surface area contributed by atoms with Crippen LogP contribution in [0, 0.1) is 0 Å². The zero-order valence-electron chi connectivity index (χ0n) is 21.0. The van der Waals surface area contributed by atoms with Crippen LogP contribution in [0.4, 0.5) is 0 Å². The molecule has 0 amide bonds. The first-order valence-corrected chi connectivity index (χ1v) is 12.0. The third-order valence-corrected chi connectivity index (χ3v) is 6.04. The van der Waals surface area contributed by atoms with E-state index >= 15 is 0 Å². The Morgan fingerprint density at radius 2 is 1.13 bits per heavy atom. The summed E-state index contributed by atoms with van der Waals surface area (Å²) in [5.74, 6) is 0.0526. The second-order valence-electron chi connectivity index (χ2n) is 8.45. The zero-order valence-corrected chi connectivity index (χ0v) is 21.0. The van der Waals surface area contributed by atoms with Crippen molar-refractivity contribution in [1.82, 2.24) is 0 Å². The Morgan fingerprint density at radius 3 is 1.66 bits per heavy atom. The molecular formula is C31H26O7. The standard InChI is InChI=1S/C31H26O7/c1-34-29-27(36-18-20-12-6-3-7-13-20)23-24(32)25(33)26(22-16-10-5-11-17-22)38-28(23)31(30(29)35-2)37-19-21-14-8-4-9-15-21/h3-17,33H,18-19H2,1-2H3. The lowest BCUT2D eigenvalue weighted by molar-refractivity contribution is 0.258. The third kappa shape index (κ3) is 4.74. The van der Waals surface area contributed by atoms with Crippen LogP contribution in [0.2, 0.25) is 0 Å². The first kappa shape index (κ1) is 24.8. The third-order valence-electron chi connectivity index (χ3n) is 6.04. The van der Waals surface area contributed by atoms with Gasteiger partial charge in [0.05, 0.1) is 14.2 Å². The molecule has 0 unspecified atom stereocenters. The number of rotatable bonds is 9. The van der Waals surface area contributed by atoms with E-state index in [-0.39, 0.29) is 52.9 Å². The van der Waals surface area contributed by atoms with E-state index in [1.807, 2.05) is 66.7 Å². The molecule has 5 aromatic rings. The van der Waals surface area contributed by atoms with Crippen LogP contribution in [-0.2, 0) is 13.2 Å². The van der Waals surface area contributed by atoms with E-state index in [4.69, 9.17) is 23.4 Å². The van der Waals surface area contributed by atoms with Crippen molar-refractivity contribution in [3.05, 3.63) is 112 Å². The highest BCUT2D eigenvalue weighted by atomic mass is 16.6. The van der Waals surface area contributed by atoms with Crippen molar-refractivity contribution in [2.75, 3.05) is 14.2 Å². The minimum Gasteiger partial charge on any atom is -0.502 e. The minimum atomic E-state index is -0.682. The van der Waals surface area contributed by atoms with Gasteiger partial charge in [-0.15, -0.1) is 0 Å². The Hall–Kier alpha value is -4.91. The summed E-state index contributed by atoms with van der Waals surface area (Å²) >= 11 is 0. The van der Waals surface area contributed by atoms with Crippen molar-refractivity contribution in [2.24, 2.45) is 0 Å². The molecule has 5 rings (SSSR count). The van der Waals surface area contributed by atoms with Crippen molar-refractivity contribution in [3.8, 4) is 40.1 Å². The lowest BCUT2D eigenvalue weighted by Gasteiger charge is -2.20. The maximum absolute atomic E-state index is 13.7. The van der Waals surface area contributed by atoms with Crippen LogP contribution in [-0.4, -0.2) is 19.3 Å². The van der Waals surface area contributed by atoms with Gasteiger partial charge in [0.2, 0.25) is 28.4 Å². The fraction of sp³-hybridized carbons (Fsp3) is 0.129. The molecule has 0 saturated heterocycles. The van der Waals surface area contributed by atoms with Crippen LogP contribution in [0.15, 0.2) is 100 Å². The maximum Gasteiger partial charge on any atom is 0.239 e. The molecule has 0 atom stereocenters. The molecule has 0 aliphatic carbocycles. The quantitative estimate of drug-likeness (QED) is 0.248. The lowest BCUT2D eigenvalue weighted by atomic mass is 10.1. The maximum atomic E-state index is 13.7. The molecule has 7 nitrogen and oxygen atoms in total. The highest BCUT2D eigenvalue weighted by Gasteiger charge is 2.30. The molecule has 1 heterocycles. The average Bonchev–Trinajstić information content (AvgIpc) is 2.97. The summed E-state index contributed by atoms with van der Waals surface area (Å²) in [5.41, 5.74) is 1.69. The first-order valence-electron chi connectivity index (χ1n) is 12.0. The number of aromatic hydroxyl groups is 1. The molecule has 1 N–H and O–H groups in total. The minimum absolute atomic E-state index is 0.00823. The van der Waals surface area contributed by atoms with Gasteiger partial charge in [0, 0.05) is 5.56 Å². The van der Waals surface area contributed by atoms with Crippen molar-refractivity contribution in [1.29, 1.82) is 0 Å². The molecule has 4 aromatic carbocycles. The van der Waals surface area contributed by atoms with Gasteiger partial charge in [-0.1, -0.05) is 91.0 Å². The van der Waals surface area contributed by atoms with Gasteiger partial charge in [-0.25, -0.2) is 0 Å². The van der Waals surface area contributed by atoms with E-state index in [1.54, 1.807) is 24.3 Å². The van der Waals surface area contributed by atoms with Gasteiger partial charge in [0.1, 0.15) is 18.6 Å². The van der Waals surface area contributed by atoms with E-state index in [9.17, 15) is 9.90 Å². The predicted octanol–water partition coefficient (Wildman–Crippen LogP) is 6.34. The fourth-order valence-electron chi connectivity index (χ4n) is 4.20. The molecule has 0 aliphatic rings. The Balaban J connectivity index is 1.76. The summed E-state index contributed by atoms with van der Waals surface area (Å²) in [6.07, 6.45) is 0. The first-order chi connectivity index (χ1) is 18.6. The average molecular weight is 511 g/mol. The van der Waals surface area contributed by atoms with Crippen molar-refractivity contribution in [2.45, 2.75) is 13.2 Å². The van der Waals surface area contributed by atoms with Crippen LogP contribution >= 0.6 is 0 Å². The SMILES string of the molecule is COc1c(OC)c(OCc2ccccc2)c2c(=O)c(O)c(-c3ccccc3)oc2c1OCc1ccccc1. The number of benzene rings is 4. The Kier molecular flexibility index (Phi) is 7.17. The molecule has 0 spiro atoms. The summed E-state index contributed by atoms with van der Waals surface area (Å²) in [6, 6.07) is 27.9. The highest BCUT2D eigenvalue weighted by molar-refractivity contribution is 5.96. The van der Waals surface area contributed by atoms with Gasteiger partial charge < -0.3 is 28.5 Å². The molecule has 0 bridgehead atoms. The largest absolute Gasteiger partial charge is 0.502 e. The summed E-state index contributed by atoms with van der Waals surface area (Å²) < 4.78 is 30.0. The van der Waals surface area contributed by atoms with E-state index in [1.165, 1.54) is 14.2 Å². The van der Waals surface area contributed by atoms with Crippen LogP contribution in [0.25, 0.3) is 22.3 Å². The number of methoxy groups -OCH3 is 2. The van der Waals surface area contributed by atoms with Gasteiger partial charge in [-0.3, -0.25) is 4.79 Å². The number of fused-ring (bicyclic) bond motifs is 1. The number of hydrogen-bond acceptors (Lipinski definition) is 7. The van der Waals surface area contributed by atoms with E-state index in [2.05, 4.69) is 0 Å². The monoisotopic (exact) mass is 510 g/mol. The Morgan fingerprint density at radius 1 is 0.658 bits per heavy atom. The van der Waals surface area contributed by atoms with E-state index < -0.39 is 11.2 Å². The van der Waals surface area contributed by atoms with E-state index in [0.717, 1.165) is 11.1 Å². The van der Waals surface area contributed by atoms with Crippen molar-refractivity contribution < 1.29 is 28.5 Å². The highest BCUT2D eigenvalue weighted by Crippen LogP contribution is 2.52. The number of hydrogen-bond donors (Lipinski definition) is 1. The van der Waals surface area contributed by atoms with Gasteiger partial charge >= 0.3 is 0 Å². The van der Waals surface area contributed by atoms with Crippen LogP contribution in [0.5, 0.6) is 28.7 Å². The molecule has 0 fully saturated rings. The molecule has 0 radical (unpaired) electrons. The van der Waals surface area contributed by atoms with Gasteiger partial charge in [-0.2, -0.15) is 0 Å². The second kappa shape index (κ2) is 11.0. The van der Waals surface area contributed by atoms with Crippen LogP contribution < -0.4 is 24.4 Å². The Labute approximate surface area is 219 Å². The normalized spacial score (nSPS) is 10.8. The summed E-state index contributed by atoms with van der Waals surface area (Å²) in [7, 11) is 2.91. The van der Waals surface area contributed by atoms with Gasteiger partial charge in [-0.05, 0) is 11.1 Å². The molecule has 1 aromatic heterocycles. The second-order valence-corrected chi connectivity index (χ2v) is 8.45. The summed E-state index contributed by atoms with van der Waals surface area (Å²) in [6.45, 7) is 0.311. The molecular weight excluding hydrogens is 484 g/mol. The molecule has 38 heavy (non-hydrogen) atoms. The van der Waals surface area contributed by atoms with Gasteiger partial charge in [0.15, 0.2) is 17.1 Å². The summed E-state index contributed by atoms with van der Waals surface area (Å²) in [5, 5.41) is 11.0. The molecule has 7 heteroatoms. The van der Waals surface area contributed by atoms with Crippen LogP contribution in [0.1, 0.15) is 11.1 Å². The molecule has 192 valence electrons. The topological polar surface area (TPSA) is 87.4 Å². The van der Waals surface area contributed by atoms with Crippen LogP contribution in [0.3, 0.4) is 0 Å². The smallest absolute Gasteiger partial charge is 0.239 e. The Bertz CT molecular complexity index is 1600. The predicted molar refractivity (Wildman–Crippen MR) is 144 cm³/mol. The zero-order chi connectivity index (χ0) is 26.5. The molecule has 0 saturated carbocycles. The summed E-state index contributed by atoms with van der Waals surface area (Å²) in [4.78, 5) is 13.7. The fourth-order valence-corrected chi connectivity index (χ4v) is 4.20. The lowest BCUT2D eigenvalue weighted by Crippen LogP contribution is -2.10. The molecule has 0 aliphatic heterocycles. The van der Waals surface area contributed by atoms with Gasteiger partial charge in [0.25, 0.3) is 0 Å². The van der Waals surface area contributed by atoms with Crippen molar-refractivity contribution >= 4 is 11.0 Å².